The smallest absolute Gasteiger partial charge is 0.222 e. The second kappa shape index (κ2) is 7.86. The molecule has 0 aliphatic heterocycles. The van der Waals surface area contributed by atoms with Crippen LogP contribution in [0.1, 0.15) is 12.0 Å². The predicted molar refractivity (Wildman–Crippen MR) is 85.7 cm³/mol. The van der Waals surface area contributed by atoms with Crippen molar-refractivity contribution in [3.63, 3.8) is 0 Å². The molecule has 0 fully saturated rings. The summed E-state index contributed by atoms with van der Waals surface area (Å²) in [6, 6.07) is 9.00. The van der Waals surface area contributed by atoms with E-state index >= 15 is 0 Å². The SMILES string of the molecule is O=C(CCNc1c(Cl)cccc1Cl)NCc1ccncc1. The third-order valence-corrected chi connectivity index (χ3v) is 3.49. The number of carbonyl (C=O) groups excluding carboxylic acids is 1. The van der Waals surface area contributed by atoms with Crippen LogP contribution in [0.4, 0.5) is 5.69 Å². The predicted octanol–water partition coefficient (Wildman–Crippen LogP) is 3.51. The molecule has 2 aromatic rings. The minimum atomic E-state index is -0.0394. The summed E-state index contributed by atoms with van der Waals surface area (Å²) in [4.78, 5) is 15.7. The van der Waals surface area contributed by atoms with Crippen molar-refractivity contribution in [1.82, 2.24) is 10.3 Å². The normalized spacial score (nSPS) is 10.2. The maximum atomic E-state index is 11.7. The summed E-state index contributed by atoms with van der Waals surface area (Å²) < 4.78 is 0. The van der Waals surface area contributed by atoms with Crippen molar-refractivity contribution in [3.05, 3.63) is 58.3 Å². The van der Waals surface area contributed by atoms with Gasteiger partial charge in [0.1, 0.15) is 0 Å². The van der Waals surface area contributed by atoms with Crippen LogP contribution in [-0.2, 0) is 11.3 Å². The fourth-order valence-corrected chi connectivity index (χ4v) is 2.29. The van der Waals surface area contributed by atoms with Crippen LogP contribution in [0.5, 0.6) is 0 Å². The van der Waals surface area contributed by atoms with E-state index in [0.717, 1.165) is 5.56 Å². The Morgan fingerprint density at radius 2 is 1.76 bits per heavy atom. The third-order valence-electron chi connectivity index (χ3n) is 2.86. The second-order valence-corrected chi connectivity index (χ2v) is 5.22. The summed E-state index contributed by atoms with van der Waals surface area (Å²) in [5.74, 6) is -0.0394. The molecule has 0 saturated carbocycles. The van der Waals surface area contributed by atoms with Gasteiger partial charge in [0.2, 0.25) is 5.91 Å². The maximum absolute atomic E-state index is 11.7. The van der Waals surface area contributed by atoms with Gasteiger partial charge in [-0.3, -0.25) is 9.78 Å². The lowest BCUT2D eigenvalue weighted by Gasteiger charge is -2.10. The number of hydrogen-bond acceptors (Lipinski definition) is 3. The summed E-state index contributed by atoms with van der Waals surface area (Å²) in [6.07, 6.45) is 3.73. The average molecular weight is 324 g/mol. The topological polar surface area (TPSA) is 54.0 Å². The Balaban J connectivity index is 1.75. The number of amides is 1. The first kappa shape index (κ1) is 15.6. The molecule has 4 nitrogen and oxygen atoms in total. The summed E-state index contributed by atoms with van der Waals surface area (Å²) >= 11 is 12.1. The van der Waals surface area contributed by atoms with Crippen molar-refractivity contribution < 1.29 is 4.79 Å². The van der Waals surface area contributed by atoms with E-state index in [9.17, 15) is 4.79 Å². The molecule has 1 aromatic carbocycles. The van der Waals surface area contributed by atoms with E-state index in [1.54, 1.807) is 30.6 Å². The van der Waals surface area contributed by atoms with Crippen LogP contribution in [0.25, 0.3) is 0 Å². The quantitative estimate of drug-likeness (QED) is 0.855. The highest BCUT2D eigenvalue weighted by Gasteiger charge is 2.06. The van der Waals surface area contributed by atoms with Gasteiger partial charge in [-0.15, -0.1) is 0 Å². The van der Waals surface area contributed by atoms with Gasteiger partial charge >= 0.3 is 0 Å². The van der Waals surface area contributed by atoms with Gasteiger partial charge in [0, 0.05) is 31.9 Å². The van der Waals surface area contributed by atoms with E-state index in [1.165, 1.54) is 0 Å². The minimum absolute atomic E-state index is 0.0394. The van der Waals surface area contributed by atoms with Gasteiger partial charge in [0.15, 0.2) is 0 Å². The van der Waals surface area contributed by atoms with E-state index in [0.29, 0.717) is 35.2 Å². The molecule has 0 atom stereocenters. The lowest BCUT2D eigenvalue weighted by atomic mass is 10.2. The van der Waals surface area contributed by atoms with Crippen molar-refractivity contribution >= 4 is 34.8 Å². The number of carbonyl (C=O) groups is 1. The molecule has 0 saturated heterocycles. The van der Waals surface area contributed by atoms with Crippen LogP contribution in [0.3, 0.4) is 0 Å². The number of nitrogens with one attached hydrogen (secondary N) is 2. The van der Waals surface area contributed by atoms with E-state index < -0.39 is 0 Å². The van der Waals surface area contributed by atoms with Gasteiger partial charge in [-0.1, -0.05) is 29.3 Å². The van der Waals surface area contributed by atoms with Gasteiger partial charge < -0.3 is 10.6 Å². The molecule has 0 aliphatic carbocycles. The molecule has 6 heteroatoms. The summed E-state index contributed by atoms with van der Waals surface area (Å²) in [5.41, 5.74) is 1.67. The van der Waals surface area contributed by atoms with Gasteiger partial charge in [0.25, 0.3) is 0 Å². The standard InChI is InChI=1S/C15H15Cl2N3O/c16-12-2-1-3-13(17)15(12)19-9-6-14(21)20-10-11-4-7-18-8-5-11/h1-5,7-8,19H,6,9-10H2,(H,20,21). The zero-order chi connectivity index (χ0) is 15.1. The lowest BCUT2D eigenvalue weighted by molar-refractivity contribution is -0.121. The number of pyridine rings is 1. The van der Waals surface area contributed by atoms with Crippen molar-refractivity contribution in [3.8, 4) is 0 Å². The fourth-order valence-electron chi connectivity index (χ4n) is 1.76. The molecule has 0 spiro atoms. The Morgan fingerprint density at radius 3 is 2.43 bits per heavy atom. The molecule has 0 bridgehead atoms. The first-order valence-electron chi connectivity index (χ1n) is 6.50. The Morgan fingerprint density at radius 1 is 1.10 bits per heavy atom. The summed E-state index contributed by atoms with van der Waals surface area (Å²) in [7, 11) is 0. The molecule has 0 radical (unpaired) electrons. The average Bonchev–Trinajstić information content (AvgIpc) is 2.49. The number of hydrogen-bond donors (Lipinski definition) is 2. The van der Waals surface area contributed by atoms with Gasteiger partial charge in [-0.25, -0.2) is 0 Å². The molecule has 1 heterocycles. The number of halogens is 2. The number of para-hydroxylation sites is 1. The fraction of sp³-hybridized carbons (Fsp3) is 0.200. The monoisotopic (exact) mass is 323 g/mol. The Bertz CT molecular complexity index is 585. The Kier molecular flexibility index (Phi) is 5.84. The Labute approximate surface area is 133 Å². The van der Waals surface area contributed by atoms with E-state index in [4.69, 9.17) is 23.2 Å². The maximum Gasteiger partial charge on any atom is 0.222 e. The van der Waals surface area contributed by atoms with Crippen LogP contribution >= 0.6 is 23.2 Å². The van der Waals surface area contributed by atoms with E-state index in [1.807, 2.05) is 12.1 Å². The highest BCUT2D eigenvalue weighted by Crippen LogP contribution is 2.29. The molecule has 110 valence electrons. The van der Waals surface area contributed by atoms with Gasteiger partial charge in [-0.05, 0) is 29.8 Å². The van der Waals surface area contributed by atoms with Crippen molar-refractivity contribution in [2.75, 3.05) is 11.9 Å². The van der Waals surface area contributed by atoms with Crippen LogP contribution in [0, 0.1) is 0 Å². The molecule has 1 amide bonds. The lowest BCUT2D eigenvalue weighted by Crippen LogP contribution is -2.24. The zero-order valence-electron chi connectivity index (χ0n) is 11.3. The largest absolute Gasteiger partial charge is 0.382 e. The summed E-state index contributed by atoms with van der Waals surface area (Å²) in [6.45, 7) is 0.958. The van der Waals surface area contributed by atoms with Crippen molar-refractivity contribution in [2.45, 2.75) is 13.0 Å². The van der Waals surface area contributed by atoms with Crippen molar-refractivity contribution in [2.24, 2.45) is 0 Å². The van der Waals surface area contributed by atoms with Crippen LogP contribution in [-0.4, -0.2) is 17.4 Å². The molecule has 1 aromatic heterocycles. The number of benzene rings is 1. The van der Waals surface area contributed by atoms with Gasteiger partial charge in [-0.2, -0.15) is 0 Å². The first-order chi connectivity index (χ1) is 10.2. The van der Waals surface area contributed by atoms with Crippen LogP contribution < -0.4 is 10.6 Å². The molecule has 0 aliphatic rings. The first-order valence-corrected chi connectivity index (χ1v) is 7.26. The molecular weight excluding hydrogens is 309 g/mol. The third kappa shape index (κ3) is 4.92. The van der Waals surface area contributed by atoms with Gasteiger partial charge in [0.05, 0.1) is 15.7 Å². The number of rotatable bonds is 6. The van der Waals surface area contributed by atoms with Crippen LogP contribution in [0.15, 0.2) is 42.7 Å². The Hall–Kier alpha value is -1.78. The minimum Gasteiger partial charge on any atom is -0.382 e. The summed E-state index contributed by atoms with van der Waals surface area (Å²) in [5, 5.41) is 7.00. The molecule has 2 N–H and O–H groups in total. The second-order valence-electron chi connectivity index (χ2n) is 4.41. The molecule has 0 unspecified atom stereocenters. The molecular formula is C15H15Cl2N3O. The highest BCUT2D eigenvalue weighted by atomic mass is 35.5. The van der Waals surface area contributed by atoms with Crippen molar-refractivity contribution in [1.29, 1.82) is 0 Å². The number of aromatic nitrogens is 1. The molecule has 2 rings (SSSR count). The highest BCUT2D eigenvalue weighted by molar-refractivity contribution is 6.39. The van der Waals surface area contributed by atoms with E-state index in [-0.39, 0.29) is 5.91 Å². The van der Waals surface area contributed by atoms with E-state index in [2.05, 4.69) is 15.6 Å². The molecule has 21 heavy (non-hydrogen) atoms. The number of nitrogens with zero attached hydrogens (tertiary/aromatic N) is 1. The van der Waals surface area contributed by atoms with Crippen LogP contribution in [0.2, 0.25) is 10.0 Å². The number of anilines is 1. The zero-order valence-corrected chi connectivity index (χ0v) is 12.8.